The summed E-state index contributed by atoms with van der Waals surface area (Å²) in [6.07, 6.45) is 3.61. The number of aryl methyl sites for hydroxylation is 1. The molecule has 0 saturated heterocycles. The number of ether oxygens (including phenoxy) is 1. The third-order valence-corrected chi connectivity index (χ3v) is 3.47. The second-order valence-electron chi connectivity index (χ2n) is 5.20. The molecule has 0 amide bonds. The molecule has 0 fully saturated rings. The van der Waals surface area contributed by atoms with Gasteiger partial charge in [-0.3, -0.25) is 0 Å². The molecule has 0 aliphatic carbocycles. The Kier molecular flexibility index (Phi) is 4.34. The minimum Gasteiger partial charge on any atom is -0.377 e. The van der Waals surface area contributed by atoms with Crippen molar-refractivity contribution >= 4 is 11.3 Å². The van der Waals surface area contributed by atoms with Gasteiger partial charge in [-0.25, -0.2) is 9.50 Å². The van der Waals surface area contributed by atoms with Crippen LogP contribution in [0.25, 0.3) is 5.52 Å². The number of nitrogens with one attached hydrogen (secondary N) is 1. The Balaban J connectivity index is 1.68. The molecule has 1 aromatic carbocycles. The van der Waals surface area contributed by atoms with E-state index < -0.39 is 0 Å². The first-order chi connectivity index (χ1) is 10.8. The lowest BCUT2D eigenvalue weighted by atomic mass is 10.1. The van der Waals surface area contributed by atoms with Crippen LogP contribution in [0.15, 0.2) is 42.7 Å². The number of rotatable bonds is 6. The number of hydrogen-bond acceptors (Lipinski definition) is 4. The van der Waals surface area contributed by atoms with Crippen LogP contribution >= 0.6 is 0 Å². The molecule has 2 aromatic heterocycles. The highest BCUT2D eigenvalue weighted by molar-refractivity contribution is 5.67. The van der Waals surface area contributed by atoms with Gasteiger partial charge in [-0.05, 0) is 31.0 Å². The van der Waals surface area contributed by atoms with Crippen LogP contribution in [-0.4, -0.2) is 21.2 Å². The Bertz CT molecular complexity index is 749. The van der Waals surface area contributed by atoms with Crippen LogP contribution < -0.4 is 5.32 Å². The summed E-state index contributed by atoms with van der Waals surface area (Å²) < 4.78 is 7.25. The lowest BCUT2D eigenvalue weighted by Crippen LogP contribution is -2.03. The maximum Gasteiger partial charge on any atom is 0.152 e. The van der Waals surface area contributed by atoms with E-state index in [2.05, 4.69) is 39.7 Å². The number of hydrogen-bond donors (Lipinski definition) is 1. The normalized spacial score (nSPS) is 11.0. The predicted octanol–water partition coefficient (Wildman–Crippen LogP) is 3.19. The van der Waals surface area contributed by atoms with Crippen LogP contribution in [0.3, 0.4) is 0 Å². The average Bonchev–Trinajstić information content (AvgIpc) is 2.92. The molecule has 2 heterocycles. The van der Waals surface area contributed by atoms with Crippen LogP contribution in [0.5, 0.6) is 0 Å². The summed E-state index contributed by atoms with van der Waals surface area (Å²) in [4.78, 5) is 4.40. The summed E-state index contributed by atoms with van der Waals surface area (Å²) in [6, 6.07) is 10.5. The minimum atomic E-state index is 0.667. The molecule has 0 spiro atoms. The second-order valence-corrected chi connectivity index (χ2v) is 5.20. The molecule has 0 radical (unpaired) electrons. The van der Waals surface area contributed by atoms with E-state index >= 15 is 0 Å². The third kappa shape index (κ3) is 3.26. The lowest BCUT2D eigenvalue weighted by molar-refractivity contribution is 0.134. The summed E-state index contributed by atoms with van der Waals surface area (Å²) in [7, 11) is 0. The summed E-state index contributed by atoms with van der Waals surface area (Å²) in [6.45, 7) is 6.12. The fraction of sp³-hybridized carbons (Fsp3) is 0.294. The van der Waals surface area contributed by atoms with Crippen LogP contribution in [0.1, 0.15) is 23.7 Å². The first kappa shape index (κ1) is 14.5. The van der Waals surface area contributed by atoms with Gasteiger partial charge in [-0.1, -0.05) is 24.3 Å². The smallest absolute Gasteiger partial charge is 0.152 e. The molecule has 3 aromatic rings. The van der Waals surface area contributed by atoms with E-state index in [1.54, 1.807) is 6.20 Å². The van der Waals surface area contributed by atoms with Crippen molar-refractivity contribution in [2.75, 3.05) is 11.9 Å². The van der Waals surface area contributed by atoms with Gasteiger partial charge in [0.25, 0.3) is 0 Å². The van der Waals surface area contributed by atoms with Crippen molar-refractivity contribution in [2.45, 2.75) is 27.0 Å². The molecule has 5 heteroatoms. The Morgan fingerprint density at radius 1 is 1.18 bits per heavy atom. The number of nitrogens with zero attached hydrogens (tertiary/aromatic N) is 3. The average molecular weight is 296 g/mol. The largest absolute Gasteiger partial charge is 0.377 e. The molecule has 22 heavy (non-hydrogen) atoms. The SMILES string of the molecule is CCOCc1ccc(CNc2nccn3nc(C)cc23)cc1. The quantitative estimate of drug-likeness (QED) is 0.759. The topological polar surface area (TPSA) is 51.5 Å². The van der Waals surface area contributed by atoms with E-state index in [1.807, 2.05) is 30.6 Å². The zero-order valence-corrected chi connectivity index (χ0v) is 12.9. The minimum absolute atomic E-state index is 0.667. The standard InChI is InChI=1S/C17H20N4O/c1-3-22-12-15-6-4-14(5-7-15)11-19-17-16-10-13(2)20-21(16)9-8-18-17/h4-10H,3,11-12H2,1-2H3,(H,18,19). The Morgan fingerprint density at radius 2 is 1.95 bits per heavy atom. The van der Waals surface area contributed by atoms with Crippen LogP contribution in [0.4, 0.5) is 5.82 Å². The van der Waals surface area contributed by atoms with E-state index in [0.29, 0.717) is 6.61 Å². The maximum atomic E-state index is 5.40. The molecule has 0 bridgehead atoms. The molecular formula is C17H20N4O. The van der Waals surface area contributed by atoms with Crippen LogP contribution in [-0.2, 0) is 17.9 Å². The molecule has 114 valence electrons. The third-order valence-electron chi connectivity index (χ3n) is 3.47. The first-order valence-corrected chi connectivity index (χ1v) is 7.46. The van der Waals surface area contributed by atoms with Crippen molar-refractivity contribution < 1.29 is 4.74 Å². The number of anilines is 1. The maximum absolute atomic E-state index is 5.40. The highest BCUT2D eigenvalue weighted by Crippen LogP contribution is 2.16. The molecule has 5 nitrogen and oxygen atoms in total. The van der Waals surface area contributed by atoms with Gasteiger partial charge < -0.3 is 10.1 Å². The number of aromatic nitrogens is 3. The highest BCUT2D eigenvalue weighted by Gasteiger charge is 2.05. The summed E-state index contributed by atoms with van der Waals surface area (Å²) in [5.74, 6) is 0.849. The van der Waals surface area contributed by atoms with Crippen molar-refractivity contribution in [3.8, 4) is 0 Å². The van der Waals surface area contributed by atoms with Crippen LogP contribution in [0.2, 0.25) is 0 Å². The highest BCUT2D eigenvalue weighted by atomic mass is 16.5. The van der Waals surface area contributed by atoms with Gasteiger partial charge in [0.05, 0.1) is 12.3 Å². The van der Waals surface area contributed by atoms with Crippen molar-refractivity contribution in [3.05, 3.63) is 59.5 Å². The fourth-order valence-electron chi connectivity index (χ4n) is 2.34. The molecular weight excluding hydrogens is 276 g/mol. The Hall–Kier alpha value is -2.40. The number of fused-ring (bicyclic) bond motifs is 1. The van der Waals surface area contributed by atoms with Gasteiger partial charge in [0.15, 0.2) is 5.82 Å². The Morgan fingerprint density at radius 3 is 2.73 bits per heavy atom. The van der Waals surface area contributed by atoms with E-state index in [9.17, 15) is 0 Å². The van der Waals surface area contributed by atoms with E-state index in [-0.39, 0.29) is 0 Å². The first-order valence-electron chi connectivity index (χ1n) is 7.46. The van der Waals surface area contributed by atoms with E-state index in [0.717, 1.165) is 30.2 Å². The van der Waals surface area contributed by atoms with Gasteiger partial charge in [0.2, 0.25) is 0 Å². The van der Waals surface area contributed by atoms with Crippen molar-refractivity contribution in [1.82, 2.24) is 14.6 Å². The van der Waals surface area contributed by atoms with E-state index in [1.165, 1.54) is 11.1 Å². The van der Waals surface area contributed by atoms with Gasteiger partial charge in [-0.2, -0.15) is 5.10 Å². The summed E-state index contributed by atoms with van der Waals surface area (Å²) >= 11 is 0. The van der Waals surface area contributed by atoms with Gasteiger partial charge in [-0.15, -0.1) is 0 Å². The zero-order chi connectivity index (χ0) is 15.4. The van der Waals surface area contributed by atoms with Gasteiger partial charge in [0.1, 0.15) is 5.52 Å². The monoisotopic (exact) mass is 296 g/mol. The number of benzene rings is 1. The molecule has 0 unspecified atom stereocenters. The van der Waals surface area contributed by atoms with Crippen molar-refractivity contribution in [1.29, 1.82) is 0 Å². The molecule has 0 atom stereocenters. The van der Waals surface area contributed by atoms with Gasteiger partial charge in [0, 0.05) is 25.5 Å². The molecule has 0 aliphatic rings. The van der Waals surface area contributed by atoms with Crippen molar-refractivity contribution in [3.63, 3.8) is 0 Å². The molecule has 0 aliphatic heterocycles. The van der Waals surface area contributed by atoms with E-state index in [4.69, 9.17) is 4.74 Å². The summed E-state index contributed by atoms with van der Waals surface area (Å²) in [5.41, 5.74) is 4.38. The predicted molar refractivity (Wildman–Crippen MR) is 86.8 cm³/mol. The zero-order valence-electron chi connectivity index (χ0n) is 12.9. The second kappa shape index (κ2) is 6.58. The fourth-order valence-corrected chi connectivity index (χ4v) is 2.34. The molecule has 3 rings (SSSR count). The van der Waals surface area contributed by atoms with Crippen molar-refractivity contribution in [2.24, 2.45) is 0 Å². The summed E-state index contributed by atoms with van der Waals surface area (Å²) in [5, 5.41) is 7.77. The Labute approximate surface area is 130 Å². The van der Waals surface area contributed by atoms with Crippen LogP contribution in [0, 0.1) is 6.92 Å². The van der Waals surface area contributed by atoms with Gasteiger partial charge >= 0.3 is 0 Å². The lowest BCUT2D eigenvalue weighted by Gasteiger charge is -2.08. The molecule has 0 saturated carbocycles. The molecule has 1 N–H and O–H groups in total.